The van der Waals surface area contributed by atoms with Crippen LogP contribution in [0.15, 0.2) is 53.7 Å². The SMILES string of the molecule is CC1(C)Oc2ccc(C3=C/C=C/C=c4\[nH]cc\c4=C\3)cc2C2(COC(N)=N2)C12COC2. The molecule has 6 nitrogen and oxygen atoms in total. The van der Waals surface area contributed by atoms with Crippen LogP contribution in [0.1, 0.15) is 25.0 Å². The predicted molar refractivity (Wildman–Crippen MR) is 120 cm³/mol. The number of nitrogens with one attached hydrogen (secondary N) is 1. The van der Waals surface area contributed by atoms with Crippen molar-refractivity contribution in [2.45, 2.75) is 25.0 Å². The van der Waals surface area contributed by atoms with Crippen LogP contribution in [0.25, 0.3) is 17.7 Å². The highest BCUT2D eigenvalue weighted by atomic mass is 16.5. The molecule has 1 atom stereocenters. The van der Waals surface area contributed by atoms with E-state index in [0.717, 1.165) is 33.0 Å². The fourth-order valence-corrected chi connectivity index (χ4v) is 5.33. The summed E-state index contributed by atoms with van der Waals surface area (Å²) in [4.78, 5) is 8.18. The minimum atomic E-state index is -0.631. The fraction of sp³-hybridized carbons (Fsp3) is 0.320. The molecule has 158 valence electrons. The largest absolute Gasteiger partial charge is 0.487 e. The lowest BCUT2D eigenvalue weighted by Gasteiger charge is -2.61. The van der Waals surface area contributed by atoms with Gasteiger partial charge in [0.25, 0.3) is 6.02 Å². The average molecular weight is 415 g/mol. The summed E-state index contributed by atoms with van der Waals surface area (Å²) < 4.78 is 18.0. The second-order valence-electron chi connectivity index (χ2n) is 9.16. The summed E-state index contributed by atoms with van der Waals surface area (Å²) in [7, 11) is 0. The van der Waals surface area contributed by atoms with Crippen molar-refractivity contribution in [1.29, 1.82) is 0 Å². The second kappa shape index (κ2) is 6.14. The molecule has 1 aliphatic carbocycles. The molecule has 0 saturated carbocycles. The lowest BCUT2D eigenvalue weighted by atomic mass is 9.55. The number of fused-ring (bicyclic) bond motifs is 4. The number of nitrogens with zero attached hydrogens (tertiary/aromatic N) is 1. The Balaban J connectivity index is 1.56. The molecule has 6 heteroatoms. The van der Waals surface area contributed by atoms with E-state index in [1.807, 2.05) is 18.3 Å². The third kappa shape index (κ3) is 2.39. The maximum absolute atomic E-state index is 6.53. The number of hydrogen-bond acceptors (Lipinski definition) is 5. The Bertz CT molecular complexity index is 1290. The Morgan fingerprint density at radius 1 is 1.06 bits per heavy atom. The number of nitrogens with two attached hydrogens (primary N) is 1. The van der Waals surface area contributed by atoms with Crippen molar-refractivity contribution in [3.05, 3.63) is 70.4 Å². The number of benzene rings is 1. The van der Waals surface area contributed by atoms with Gasteiger partial charge in [-0.05, 0) is 60.6 Å². The molecule has 0 radical (unpaired) electrons. The van der Waals surface area contributed by atoms with Crippen molar-refractivity contribution in [1.82, 2.24) is 4.98 Å². The predicted octanol–water partition coefficient (Wildman–Crippen LogP) is 1.96. The van der Waals surface area contributed by atoms with Crippen LogP contribution in [0.3, 0.4) is 0 Å². The number of ether oxygens (including phenoxy) is 3. The molecule has 3 N–H and O–H groups in total. The van der Waals surface area contributed by atoms with E-state index in [2.05, 4.69) is 61.3 Å². The highest BCUT2D eigenvalue weighted by Gasteiger charge is 2.71. The van der Waals surface area contributed by atoms with E-state index in [0.29, 0.717) is 19.8 Å². The number of allylic oxidation sites excluding steroid dienone is 4. The number of hydrogen-bond donors (Lipinski definition) is 2. The lowest BCUT2D eigenvalue weighted by molar-refractivity contribution is -0.247. The monoisotopic (exact) mass is 415 g/mol. The maximum atomic E-state index is 6.53. The first-order chi connectivity index (χ1) is 14.9. The first-order valence-corrected chi connectivity index (χ1v) is 10.6. The van der Waals surface area contributed by atoms with Gasteiger partial charge >= 0.3 is 0 Å². The number of aromatic nitrogens is 1. The molecule has 4 aliphatic rings. The number of H-pyrrole nitrogens is 1. The fourth-order valence-electron chi connectivity index (χ4n) is 5.33. The summed E-state index contributed by atoms with van der Waals surface area (Å²) in [5.41, 5.74) is 7.83. The summed E-state index contributed by atoms with van der Waals surface area (Å²) in [6.45, 7) is 5.73. The van der Waals surface area contributed by atoms with Crippen LogP contribution >= 0.6 is 0 Å². The topological polar surface area (TPSA) is 81.9 Å². The molecule has 1 aromatic heterocycles. The number of aromatic amines is 1. The summed E-state index contributed by atoms with van der Waals surface area (Å²) in [5.74, 6) is 0.825. The van der Waals surface area contributed by atoms with E-state index in [-0.39, 0.29) is 11.4 Å². The van der Waals surface area contributed by atoms with Crippen molar-refractivity contribution in [2.75, 3.05) is 19.8 Å². The smallest absolute Gasteiger partial charge is 0.283 e. The normalized spacial score (nSPS) is 31.5. The molecular formula is C25H25N3O3. The highest BCUT2D eigenvalue weighted by Crippen LogP contribution is 2.62. The molecule has 1 fully saturated rings. The standard InChI is InChI=1S/C25H25N3O3/c1-23(2)24(13-29-14-24)25(15-30-22(26)28-25)19-12-17(7-8-21(19)31-23)16-5-3-4-6-20-18(11-16)9-10-27-20/h3-12,27H,13-15H2,1-2H3,(H2,26,28)/b4-3+,5-3?,6-4?,16-5+,16-11?,18-11-,20-6-. The van der Waals surface area contributed by atoms with Crippen LogP contribution in [-0.2, 0) is 15.0 Å². The van der Waals surface area contributed by atoms with Crippen LogP contribution in [0, 0.1) is 5.41 Å². The van der Waals surface area contributed by atoms with Crippen LogP contribution in [0.4, 0.5) is 0 Å². The first-order valence-electron chi connectivity index (χ1n) is 10.6. The molecule has 6 rings (SSSR count). The van der Waals surface area contributed by atoms with Gasteiger partial charge in [0.1, 0.15) is 23.5 Å². The van der Waals surface area contributed by atoms with Crippen LogP contribution in [0.2, 0.25) is 0 Å². The molecule has 2 aromatic rings. The Kier molecular flexibility index (Phi) is 3.67. The van der Waals surface area contributed by atoms with Gasteiger partial charge in [-0.15, -0.1) is 0 Å². The van der Waals surface area contributed by atoms with Gasteiger partial charge in [-0.3, -0.25) is 0 Å². The second-order valence-corrected chi connectivity index (χ2v) is 9.16. The average Bonchev–Trinajstić information content (AvgIpc) is 3.26. The van der Waals surface area contributed by atoms with Gasteiger partial charge in [-0.25, -0.2) is 4.99 Å². The third-order valence-electron chi connectivity index (χ3n) is 7.27. The van der Waals surface area contributed by atoms with E-state index in [1.54, 1.807) is 0 Å². The minimum Gasteiger partial charge on any atom is -0.487 e. The summed E-state index contributed by atoms with van der Waals surface area (Å²) >= 11 is 0. The molecule has 3 aliphatic heterocycles. The molecule has 1 aromatic carbocycles. The van der Waals surface area contributed by atoms with Gasteiger partial charge in [-0.2, -0.15) is 0 Å². The first kappa shape index (κ1) is 18.5. The Morgan fingerprint density at radius 3 is 2.65 bits per heavy atom. The number of rotatable bonds is 1. The zero-order valence-electron chi connectivity index (χ0n) is 17.6. The molecule has 4 heterocycles. The lowest BCUT2D eigenvalue weighted by Crippen LogP contribution is -2.71. The Morgan fingerprint density at radius 2 is 1.90 bits per heavy atom. The van der Waals surface area contributed by atoms with E-state index < -0.39 is 11.1 Å². The summed E-state index contributed by atoms with van der Waals surface area (Å²) in [6.07, 6.45) is 12.5. The molecule has 2 spiro atoms. The quantitative estimate of drug-likeness (QED) is 0.746. The molecule has 31 heavy (non-hydrogen) atoms. The van der Waals surface area contributed by atoms with Crippen molar-refractivity contribution in [2.24, 2.45) is 16.1 Å². The highest BCUT2D eigenvalue weighted by molar-refractivity contribution is 5.90. The van der Waals surface area contributed by atoms with Gasteiger partial charge < -0.3 is 24.9 Å². The van der Waals surface area contributed by atoms with Gasteiger partial charge in [0.15, 0.2) is 0 Å². The van der Waals surface area contributed by atoms with Gasteiger partial charge in [-0.1, -0.05) is 24.3 Å². The summed E-state index contributed by atoms with van der Waals surface area (Å²) in [5, 5.41) is 2.24. The molecule has 0 bridgehead atoms. The minimum absolute atomic E-state index is 0.229. The Hall–Kier alpha value is -3.25. The maximum Gasteiger partial charge on any atom is 0.283 e. The zero-order chi connectivity index (χ0) is 21.3. The zero-order valence-corrected chi connectivity index (χ0v) is 17.6. The molecule has 0 amide bonds. The van der Waals surface area contributed by atoms with E-state index in [9.17, 15) is 0 Å². The number of aliphatic imine (C=N–C) groups is 1. The summed E-state index contributed by atoms with van der Waals surface area (Å²) in [6, 6.07) is 8.65. The van der Waals surface area contributed by atoms with Gasteiger partial charge in [0, 0.05) is 17.1 Å². The van der Waals surface area contributed by atoms with E-state index in [1.165, 1.54) is 0 Å². The van der Waals surface area contributed by atoms with Crippen LogP contribution < -0.4 is 21.0 Å². The van der Waals surface area contributed by atoms with E-state index >= 15 is 0 Å². The Labute approximate surface area is 180 Å². The third-order valence-corrected chi connectivity index (χ3v) is 7.27. The van der Waals surface area contributed by atoms with Crippen molar-refractivity contribution < 1.29 is 14.2 Å². The van der Waals surface area contributed by atoms with Crippen molar-refractivity contribution >= 4 is 23.7 Å². The van der Waals surface area contributed by atoms with Crippen LogP contribution in [0.5, 0.6) is 5.75 Å². The molecule has 1 unspecified atom stereocenters. The number of amidine groups is 1. The van der Waals surface area contributed by atoms with Gasteiger partial charge in [0.05, 0.1) is 18.6 Å². The molecule has 1 saturated heterocycles. The molecular weight excluding hydrogens is 390 g/mol. The van der Waals surface area contributed by atoms with Crippen molar-refractivity contribution in [3.8, 4) is 5.75 Å². The van der Waals surface area contributed by atoms with Crippen LogP contribution in [-0.4, -0.2) is 36.4 Å². The van der Waals surface area contributed by atoms with Gasteiger partial charge in [0.2, 0.25) is 0 Å². The van der Waals surface area contributed by atoms with E-state index in [4.69, 9.17) is 24.9 Å². The van der Waals surface area contributed by atoms with Crippen molar-refractivity contribution in [3.63, 3.8) is 0 Å².